The first-order chi connectivity index (χ1) is 16.7. The van der Waals surface area contributed by atoms with E-state index in [0.29, 0.717) is 10.9 Å². The molecule has 3 rings (SSSR count). The Morgan fingerprint density at radius 1 is 1.09 bits per heavy atom. The van der Waals surface area contributed by atoms with Crippen molar-refractivity contribution in [2.45, 2.75) is 74.8 Å². The number of rotatable bonds is 12. The minimum atomic E-state index is -0.720. The third-order valence-electron chi connectivity index (χ3n) is 6.10. The molecule has 9 heteroatoms. The molecule has 7 nitrogen and oxygen atoms in total. The van der Waals surface area contributed by atoms with Gasteiger partial charge in [0, 0.05) is 0 Å². The van der Waals surface area contributed by atoms with Crippen molar-refractivity contribution in [2.75, 3.05) is 5.32 Å². The molecule has 1 aromatic carbocycles. The number of carbonyl (C=O) groups excluding carboxylic acids is 3. The molecule has 2 unspecified atom stereocenters. The number of hydrogen-bond donors (Lipinski definition) is 3. The van der Waals surface area contributed by atoms with E-state index in [-0.39, 0.29) is 22.3 Å². The van der Waals surface area contributed by atoms with Crippen molar-refractivity contribution in [2.24, 2.45) is 17.4 Å². The Balaban J connectivity index is 1.53. The number of benzene rings is 1. The second-order valence-electron chi connectivity index (χ2n) is 9.53. The average molecular weight is 562 g/mol. The molecule has 1 heterocycles. The van der Waals surface area contributed by atoms with Crippen LogP contribution in [0.5, 0.6) is 0 Å². The summed E-state index contributed by atoms with van der Waals surface area (Å²) in [6.07, 6.45) is 6.92. The minimum absolute atomic E-state index is 0.0266. The standard InChI is InChI=1S/C26H36AsN3O4S/c1-16(2)13-22(25(32)34-19-5-3-4-6-19)27-15-18-9-7-17(8-10-18)11-12-20-14-21(23(28)31)24(35-20)30-26(29)33/h7-10,14,16,19,22,27H,3-6,11-13,15H2,1-2H3,(H2,28,31)(H3,29,30,33). The Labute approximate surface area is 218 Å². The first kappa shape index (κ1) is 27.3. The van der Waals surface area contributed by atoms with E-state index in [1.165, 1.54) is 35.3 Å². The number of hydrogen-bond acceptors (Lipinski definition) is 5. The van der Waals surface area contributed by atoms with Gasteiger partial charge in [0.1, 0.15) is 0 Å². The Morgan fingerprint density at radius 3 is 2.34 bits per heavy atom. The van der Waals surface area contributed by atoms with Crippen LogP contribution in [0.1, 0.15) is 72.3 Å². The summed E-state index contributed by atoms with van der Waals surface area (Å²) in [7, 11) is 0. The Morgan fingerprint density at radius 2 is 1.74 bits per heavy atom. The molecule has 2 atom stereocenters. The van der Waals surface area contributed by atoms with Gasteiger partial charge in [0.25, 0.3) is 0 Å². The molecule has 2 aromatic rings. The number of anilines is 1. The van der Waals surface area contributed by atoms with Gasteiger partial charge in [-0.1, -0.05) is 0 Å². The van der Waals surface area contributed by atoms with Gasteiger partial charge in [-0.15, -0.1) is 0 Å². The maximum absolute atomic E-state index is 12.8. The molecule has 1 aliphatic carbocycles. The Kier molecular flexibility index (Phi) is 10.2. The van der Waals surface area contributed by atoms with Crippen LogP contribution in [-0.4, -0.2) is 39.8 Å². The van der Waals surface area contributed by atoms with Crippen molar-refractivity contribution in [3.05, 3.63) is 51.9 Å². The van der Waals surface area contributed by atoms with Crippen LogP contribution in [0.2, 0.25) is 4.71 Å². The van der Waals surface area contributed by atoms with Gasteiger partial charge in [-0.05, 0) is 0 Å². The van der Waals surface area contributed by atoms with E-state index in [9.17, 15) is 14.4 Å². The van der Waals surface area contributed by atoms with E-state index in [0.717, 1.165) is 42.2 Å². The fraction of sp³-hybridized carbons (Fsp3) is 0.500. The first-order valence-electron chi connectivity index (χ1n) is 12.2. The van der Waals surface area contributed by atoms with Crippen LogP contribution in [0.25, 0.3) is 0 Å². The SMILES string of the molecule is CC(C)CC([AsH]Cc1ccc(CCc2cc(C(N)=O)c(NC(N)=O)s2)cc1)C(=O)OC1CCCC1. The predicted molar refractivity (Wildman–Crippen MR) is 142 cm³/mol. The number of nitrogens with one attached hydrogen (secondary N) is 1. The molecule has 0 radical (unpaired) electrons. The predicted octanol–water partition coefficient (Wildman–Crippen LogP) is 4.38. The summed E-state index contributed by atoms with van der Waals surface area (Å²) in [5, 5.41) is 3.83. The van der Waals surface area contributed by atoms with Crippen LogP contribution in [0, 0.1) is 5.92 Å². The third-order valence-corrected chi connectivity index (χ3v) is 10.5. The van der Waals surface area contributed by atoms with Crippen LogP contribution in [-0.2, 0) is 27.6 Å². The summed E-state index contributed by atoms with van der Waals surface area (Å²) in [5.74, 6) is -0.0841. The number of esters is 1. The van der Waals surface area contributed by atoms with Crippen LogP contribution < -0.4 is 16.8 Å². The summed E-state index contributed by atoms with van der Waals surface area (Å²) in [6, 6.07) is 9.55. The second-order valence-corrected chi connectivity index (χ2v) is 13.7. The van der Waals surface area contributed by atoms with Crippen LogP contribution in [0.3, 0.4) is 0 Å². The number of amides is 3. The average Bonchev–Trinajstić information content (AvgIpc) is 3.45. The summed E-state index contributed by atoms with van der Waals surface area (Å²) in [5.41, 5.74) is 13.3. The van der Waals surface area contributed by atoms with Crippen LogP contribution in [0.15, 0.2) is 30.3 Å². The van der Waals surface area contributed by atoms with Gasteiger partial charge in [-0.25, -0.2) is 4.79 Å². The number of aryl methyl sites for hydroxylation is 2. The van der Waals surface area contributed by atoms with Gasteiger partial charge in [-0.2, -0.15) is 0 Å². The Bertz CT molecular complexity index is 1020. The number of carbonyl (C=O) groups is 3. The van der Waals surface area contributed by atoms with Gasteiger partial charge in [0.2, 0.25) is 0 Å². The molecule has 35 heavy (non-hydrogen) atoms. The van der Waals surface area contributed by atoms with Gasteiger partial charge < -0.3 is 5.73 Å². The second kappa shape index (κ2) is 13.1. The number of nitrogens with two attached hydrogens (primary N) is 2. The zero-order chi connectivity index (χ0) is 25.4. The summed E-state index contributed by atoms with van der Waals surface area (Å²) >= 11 is 0.814. The molecule has 1 aliphatic rings. The van der Waals surface area contributed by atoms with E-state index in [2.05, 4.69) is 43.4 Å². The van der Waals surface area contributed by atoms with Gasteiger partial charge >= 0.3 is 208 Å². The van der Waals surface area contributed by atoms with Crippen molar-refractivity contribution in [3.63, 3.8) is 0 Å². The summed E-state index contributed by atoms with van der Waals surface area (Å²) < 4.78 is 5.90. The van der Waals surface area contributed by atoms with Gasteiger partial charge in [0.15, 0.2) is 0 Å². The molecule has 0 bridgehead atoms. The Hall–Kier alpha value is -2.31. The number of urea groups is 1. The molecule has 190 valence electrons. The zero-order valence-electron chi connectivity index (χ0n) is 20.5. The normalized spacial score (nSPS) is 15.1. The van der Waals surface area contributed by atoms with Crippen LogP contribution >= 0.6 is 11.3 Å². The van der Waals surface area contributed by atoms with E-state index < -0.39 is 27.7 Å². The fourth-order valence-electron chi connectivity index (χ4n) is 4.27. The molecule has 1 aromatic heterocycles. The number of primary amides is 2. The molecule has 5 N–H and O–H groups in total. The molecule has 0 aliphatic heterocycles. The van der Waals surface area contributed by atoms with Crippen molar-refractivity contribution < 1.29 is 19.1 Å². The van der Waals surface area contributed by atoms with Crippen molar-refractivity contribution in [3.8, 4) is 0 Å². The van der Waals surface area contributed by atoms with Crippen molar-refractivity contribution >= 4 is 50.0 Å². The number of ether oxygens (including phenoxy) is 1. The van der Waals surface area contributed by atoms with E-state index >= 15 is 0 Å². The molecular formula is C26H36AsN3O4S. The monoisotopic (exact) mass is 561 g/mol. The summed E-state index contributed by atoms with van der Waals surface area (Å²) in [4.78, 5) is 36.6. The number of thiophene rings is 1. The molecule has 0 saturated heterocycles. The topological polar surface area (TPSA) is 125 Å². The molecule has 0 spiro atoms. The van der Waals surface area contributed by atoms with Crippen molar-refractivity contribution in [1.29, 1.82) is 0 Å². The van der Waals surface area contributed by atoms with Crippen LogP contribution in [0.4, 0.5) is 9.80 Å². The van der Waals surface area contributed by atoms with Gasteiger partial charge in [-0.3, -0.25) is 0 Å². The molecule has 3 amide bonds. The first-order valence-corrected chi connectivity index (χ1v) is 15.7. The van der Waals surface area contributed by atoms with Gasteiger partial charge in [0.05, 0.1) is 0 Å². The maximum atomic E-state index is 12.8. The van der Waals surface area contributed by atoms with E-state index in [4.69, 9.17) is 16.2 Å². The zero-order valence-corrected chi connectivity index (χ0v) is 23.4. The third kappa shape index (κ3) is 8.69. The summed E-state index contributed by atoms with van der Waals surface area (Å²) in [6.45, 7) is 4.34. The fourth-order valence-corrected chi connectivity index (χ4v) is 8.67. The molecule has 1 fully saturated rings. The molecule has 1 saturated carbocycles. The molecular weight excluding hydrogens is 525 g/mol. The van der Waals surface area contributed by atoms with E-state index in [1.807, 2.05) is 0 Å². The quantitative estimate of drug-likeness (QED) is 0.263. The van der Waals surface area contributed by atoms with E-state index in [1.54, 1.807) is 6.07 Å². The van der Waals surface area contributed by atoms with Crippen molar-refractivity contribution in [1.82, 2.24) is 0 Å².